The minimum absolute atomic E-state index is 0.305. The molecule has 4 rings (SSSR count). The first-order valence-corrected chi connectivity index (χ1v) is 8.18. The number of β-amino-alcohol motifs (C(OH)–C–C–N with tert-alkyl or cyclic N) is 1. The van der Waals surface area contributed by atoms with Gasteiger partial charge in [-0.2, -0.15) is 0 Å². The summed E-state index contributed by atoms with van der Waals surface area (Å²) in [6.07, 6.45) is 1.81. The van der Waals surface area contributed by atoms with Crippen molar-refractivity contribution in [1.29, 1.82) is 0 Å². The Hall–Kier alpha value is -2.04. The molecule has 0 saturated carbocycles. The molecule has 0 radical (unpaired) electrons. The van der Waals surface area contributed by atoms with E-state index >= 15 is 0 Å². The fraction of sp³-hybridized carbons (Fsp3) is 0.368. The van der Waals surface area contributed by atoms with Crippen molar-refractivity contribution in [2.24, 2.45) is 0 Å². The molecule has 1 saturated heterocycles. The van der Waals surface area contributed by atoms with Crippen LogP contribution in [0.15, 0.2) is 48.5 Å². The fourth-order valence-electron chi connectivity index (χ4n) is 3.55. The van der Waals surface area contributed by atoms with Crippen LogP contribution in [0.25, 0.3) is 0 Å². The van der Waals surface area contributed by atoms with E-state index in [4.69, 9.17) is 9.47 Å². The molecule has 2 aliphatic rings. The second-order valence-electron chi connectivity index (χ2n) is 6.19. The Balaban J connectivity index is 1.50. The molecule has 2 atom stereocenters. The van der Waals surface area contributed by atoms with Crippen molar-refractivity contribution in [3.63, 3.8) is 0 Å². The van der Waals surface area contributed by atoms with Crippen molar-refractivity contribution in [3.05, 3.63) is 59.7 Å². The van der Waals surface area contributed by atoms with Gasteiger partial charge in [-0.1, -0.05) is 36.4 Å². The minimum Gasteiger partial charge on any atom is -0.454 e. The van der Waals surface area contributed by atoms with Crippen molar-refractivity contribution in [3.8, 4) is 11.5 Å². The number of hydrogen-bond acceptors (Lipinski definition) is 4. The van der Waals surface area contributed by atoms with Crippen LogP contribution in [0, 0.1) is 0 Å². The summed E-state index contributed by atoms with van der Waals surface area (Å²) < 4.78 is 10.9. The van der Waals surface area contributed by atoms with Crippen LogP contribution in [-0.2, 0) is 0 Å². The van der Waals surface area contributed by atoms with Gasteiger partial charge in [-0.25, -0.2) is 0 Å². The Morgan fingerprint density at radius 1 is 1.09 bits per heavy atom. The van der Waals surface area contributed by atoms with Gasteiger partial charge in [0.1, 0.15) is 0 Å². The molecule has 2 aliphatic heterocycles. The van der Waals surface area contributed by atoms with Crippen molar-refractivity contribution in [1.82, 2.24) is 4.90 Å². The molecule has 0 aliphatic carbocycles. The molecule has 4 heteroatoms. The van der Waals surface area contributed by atoms with E-state index in [0.717, 1.165) is 36.4 Å². The topological polar surface area (TPSA) is 41.9 Å². The van der Waals surface area contributed by atoms with E-state index in [1.54, 1.807) is 0 Å². The summed E-state index contributed by atoms with van der Waals surface area (Å²) in [6.45, 7) is 1.98. The highest BCUT2D eigenvalue weighted by Gasteiger charge is 2.29. The molecule has 1 N–H and O–H groups in total. The SMILES string of the molecule is OC(CN1CCCC1c1ccc2c(c1)OCO2)c1ccccc1. The number of aliphatic hydroxyl groups is 1. The zero-order chi connectivity index (χ0) is 15.6. The maximum atomic E-state index is 10.5. The lowest BCUT2D eigenvalue weighted by Gasteiger charge is -2.27. The largest absolute Gasteiger partial charge is 0.454 e. The summed E-state index contributed by atoms with van der Waals surface area (Å²) in [5.74, 6) is 1.65. The van der Waals surface area contributed by atoms with E-state index in [1.165, 1.54) is 5.56 Å². The van der Waals surface area contributed by atoms with Crippen LogP contribution in [0.1, 0.15) is 36.1 Å². The first-order valence-electron chi connectivity index (χ1n) is 8.18. The molecule has 0 spiro atoms. The van der Waals surface area contributed by atoms with Crippen LogP contribution in [0.5, 0.6) is 11.5 Å². The molecule has 2 unspecified atom stereocenters. The van der Waals surface area contributed by atoms with Crippen molar-refractivity contribution < 1.29 is 14.6 Å². The minimum atomic E-state index is -0.453. The zero-order valence-corrected chi connectivity index (χ0v) is 13.0. The second-order valence-corrected chi connectivity index (χ2v) is 6.19. The molecule has 0 amide bonds. The molecular formula is C19H21NO3. The van der Waals surface area contributed by atoms with E-state index in [0.29, 0.717) is 19.4 Å². The first-order chi connectivity index (χ1) is 11.3. The summed E-state index contributed by atoms with van der Waals surface area (Å²) in [4.78, 5) is 2.37. The normalized spacial score (nSPS) is 21.5. The van der Waals surface area contributed by atoms with Crippen LogP contribution in [0.2, 0.25) is 0 Å². The molecular weight excluding hydrogens is 290 g/mol. The highest BCUT2D eigenvalue weighted by Crippen LogP contribution is 2.39. The molecule has 120 valence electrons. The maximum absolute atomic E-state index is 10.5. The van der Waals surface area contributed by atoms with E-state index in [2.05, 4.69) is 17.0 Å². The van der Waals surface area contributed by atoms with Gasteiger partial charge in [-0.05, 0) is 42.6 Å². The van der Waals surface area contributed by atoms with Crippen LogP contribution < -0.4 is 9.47 Å². The monoisotopic (exact) mass is 311 g/mol. The molecule has 23 heavy (non-hydrogen) atoms. The Labute approximate surface area is 136 Å². The first kappa shape index (κ1) is 14.5. The lowest BCUT2D eigenvalue weighted by Crippen LogP contribution is -2.28. The van der Waals surface area contributed by atoms with Gasteiger partial charge >= 0.3 is 0 Å². The van der Waals surface area contributed by atoms with Crippen molar-refractivity contribution in [2.75, 3.05) is 19.9 Å². The van der Waals surface area contributed by atoms with Gasteiger partial charge in [0, 0.05) is 12.6 Å². The fourth-order valence-corrected chi connectivity index (χ4v) is 3.55. The third-order valence-corrected chi connectivity index (χ3v) is 4.74. The predicted octanol–water partition coefficient (Wildman–Crippen LogP) is 3.29. The average Bonchev–Trinajstić information content (AvgIpc) is 3.23. The van der Waals surface area contributed by atoms with E-state index in [-0.39, 0.29) is 0 Å². The van der Waals surface area contributed by atoms with Gasteiger partial charge in [0.05, 0.1) is 6.10 Å². The standard InChI is InChI=1S/C19H21NO3/c21-17(14-5-2-1-3-6-14)12-20-10-4-7-16(20)15-8-9-18-19(11-15)23-13-22-18/h1-3,5-6,8-9,11,16-17,21H,4,7,10,12-13H2. The Morgan fingerprint density at radius 3 is 2.78 bits per heavy atom. The van der Waals surface area contributed by atoms with Crippen LogP contribution in [-0.4, -0.2) is 29.9 Å². The van der Waals surface area contributed by atoms with Gasteiger partial charge in [0.15, 0.2) is 11.5 Å². The highest BCUT2D eigenvalue weighted by atomic mass is 16.7. The Morgan fingerprint density at radius 2 is 1.91 bits per heavy atom. The van der Waals surface area contributed by atoms with Crippen LogP contribution in [0.4, 0.5) is 0 Å². The summed E-state index contributed by atoms with van der Waals surface area (Å²) in [5.41, 5.74) is 2.22. The Kier molecular flexibility index (Phi) is 3.93. The van der Waals surface area contributed by atoms with Gasteiger partial charge in [0.2, 0.25) is 6.79 Å². The van der Waals surface area contributed by atoms with Crippen molar-refractivity contribution in [2.45, 2.75) is 25.0 Å². The lowest BCUT2D eigenvalue weighted by molar-refractivity contribution is 0.106. The smallest absolute Gasteiger partial charge is 0.231 e. The predicted molar refractivity (Wildman–Crippen MR) is 87.5 cm³/mol. The number of fused-ring (bicyclic) bond motifs is 1. The van der Waals surface area contributed by atoms with E-state index in [9.17, 15) is 5.11 Å². The molecule has 2 heterocycles. The van der Waals surface area contributed by atoms with Crippen LogP contribution >= 0.6 is 0 Å². The number of likely N-dealkylation sites (tertiary alicyclic amines) is 1. The number of aliphatic hydroxyl groups excluding tert-OH is 1. The van der Waals surface area contributed by atoms with E-state index in [1.807, 2.05) is 36.4 Å². The second kappa shape index (κ2) is 6.22. The van der Waals surface area contributed by atoms with Gasteiger partial charge in [-0.3, -0.25) is 4.90 Å². The van der Waals surface area contributed by atoms with Gasteiger partial charge in [0.25, 0.3) is 0 Å². The molecule has 2 aromatic rings. The van der Waals surface area contributed by atoms with Crippen molar-refractivity contribution >= 4 is 0 Å². The number of ether oxygens (including phenoxy) is 2. The molecule has 0 aromatic heterocycles. The number of rotatable bonds is 4. The quantitative estimate of drug-likeness (QED) is 0.941. The lowest BCUT2D eigenvalue weighted by atomic mass is 10.0. The number of benzene rings is 2. The molecule has 0 bridgehead atoms. The summed E-state index contributed by atoms with van der Waals surface area (Å²) in [5, 5.41) is 10.5. The molecule has 1 fully saturated rings. The van der Waals surface area contributed by atoms with E-state index < -0.39 is 6.10 Å². The zero-order valence-electron chi connectivity index (χ0n) is 13.0. The third-order valence-electron chi connectivity index (χ3n) is 4.74. The van der Waals surface area contributed by atoms with Crippen LogP contribution in [0.3, 0.4) is 0 Å². The number of nitrogens with zero attached hydrogens (tertiary/aromatic N) is 1. The molecule has 2 aromatic carbocycles. The maximum Gasteiger partial charge on any atom is 0.231 e. The van der Waals surface area contributed by atoms with Gasteiger partial charge in [-0.15, -0.1) is 0 Å². The summed E-state index contributed by atoms with van der Waals surface area (Å²) >= 11 is 0. The average molecular weight is 311 g/mol. The highest BCUT2D eigenvalue weighted by molar-refractivity contribution is 5.45. The third kappa shape index (κ3) is 2.92. The molecule has 4 nitrogen and oxygen atoms in total. The van der Waals surface area contributed by atoms with Gasteiger partial charge < -0.3 is 14.6 Å². The summed E-state index contributed by atoms with van der Waals surface area (Å²) in [6, 6.07) is 16.4. The Bertz CT molecular complexity index is 674. The summed E-state index contributed by atoms with van der Waals surface area (Å²) in [7, 11) is 0. The number of hydrogen-bond donors (Lipinski definition) is 1.